The van der Waals surface area contributed by atoms with Crippen LogP contribution in [0.3, 0.4) is 0 Å². The fourth-order valence-electron chi connectivity index (χ4n) is 2.20. The Morgan fingerprint density at radius 1 is 1.15 bits per heavy atom. The Morgan fingerprint density at radius 2 is 1.96 bits per heavy atom. The van der Waals surface area contributed by atoms with Crippen LogP contribution in [0.2, 0.25) is 0 Å². The maximum absolute atomic E-state index is 12.1. The number of benzene rings is 1. The number of hydrogen-bond donors (Lipinski definition) is 0. The van der Waals surface area contributed by atoms with Gasteiger partial charge in [0.25, 0.3) is 0 Å². The third-order valence-corrected chi connectivity index (χ3v) is 5.19. The van der Waals surface area contributed by atoms with Gasteiger partial charge < -0.3 is 4.74 Å². The van der Waals surface area contributed by atoms with Crippen LogP contribution in [0.1, 0.15) is 16.1 Å². The van der Waals surface area contributed by atoms with Crippen LogP contribution in [0, 0.1) is 0 Å². The molecule has 0 radical (unpaired) electrons. The molecule has 2 aromatic heterocycles. The summed E-state index contributed by atoms with van der Waals surface area (Å²) in [6.45, 7) is -0.269. The second kappa shape index (κ2) is 8.73. The van der Waals surface area contributed by atoms with Gasteiger partial charge in [0.05, 0.1) is 17.8 Å². The van der Waals surface area contributed by atoms with E-state index >= 15 is 0 Å². The molecule has 0 saturated heterocycles. The second-order valence-electron chi connectivity index (χ2n) is 5.35. The number of aromatic nitrogens is 2. The Kier molecular flexibility index (Phi) is 6.14. The van der Waals surface area contributed by atoms with Crippen LogP contribution in [0.5, 0.6) is 0 Å². The van der Waals surface area contributed by atoms with E-state index < -0.39 is 5.97 Å². The molecular formula is C19H16N2O3S2. The zero-order valence-corrected chi connectivity index (χ0v) is 15.7. The molecule has 3 rings (SSSR count). The number of thioether (sulfide) groups is 1. The topological polar surface area (TPSA) is 69.2 Å². The Morgan fingerprint density at radius 3 is 2.65 bits per heavy atom. The summed E-state index contributed by atoms with van der Waals surface area (Å²) < 4.78 is 5.09. The molecule has 0 bridgehead atoms. The standard InChI is InChI=1S/C19H16N2O3S2/c1-25-15-7-5-13(6-8-15)17(22)11-24-18(23)10-14-12-26-19(21-14)16-4-2-3-9-20-16/h2-9,12H,10-11H2,1H3. The highest BCUT2D eigenvalue weighted by atomic mass is 32.2. The van der Waals surface area contributed by atoms with E-state index in [-0.39, 0.29) is 18.8 Å². The molecule has 0 aliphatic carbocycles. The molecule has 7 heteroatoms. The molecule has 3 aromatic rings. The largest absolute Gasteiger partial charge is 0.457 e. The highest BCUT2D eigenvalue weighted by Crippen LogP contribution is 2.21. The number of thiazole rings is 1. The van der Waals surface area contributed by atoms with Crippen LogP contribution in [0.15, 0.2) is 58.9 Å². The lowest BCUT2D eigenvalue weighted by Crippen LogP contribution is -2.15. The summed E-state index contributed by atoms with van der Waals surface area (Å²) in [5, 5.41) is 2.55. The maximum atomic E-state index is 12.1. The fraction of sp³-hybridized carbons (Fsp3) is 0.158. The van der Waals surface area contributed by atoms with Crippen molar-refractivity contribution in [1.29, 1.82) is 0 Å². The molecule has 0 saturated carbocycles. The van der Waals surface area contributed by atoms with Crippen molar-refractivity contribution in [3.05, 3.63) is 65.3 Å². The van der Waals surface area contributed by atoms with Crippen molar-refractivity contribution < 1.29 is 14.3 Å². The molecular weight excluding hydrogens is 368 g/mol. The van der Waals surface area contributed by atoms with Crippen molar-refractivity contribution in [2.75, 3.05) is 12.9 Å². The van der Waals surface area contributed by atoms with Crippen LogP contribution in [-0.2, 0) is 16.0 Å². The van der Waals surface area contributed by atoms with Gasteiger partial charge in [-0.2, -0.15) is 0 Å². The quantitative estimate of drug-likeness (QED) is 0.350. The van der Waals surface area contributed by atoms with Gasteiger partial charge in [-0.1, -0.05) is 18.2 Å². The second-order valence-corrected chi connectivity index (χ2v) is 7.09. The van der Waals surface area contributed by atoms with Crippen molar-refractivity contribution in [2.24, 2.45) is 0 Å². The number of carbonyl (C=O) groups is 2. The molecule has 0 unspecified atom stereocenters. The van der Waals surface area contributed by atoms with Crippen LogP contribution in [0.4, 0.5) is 0 Å². The van der Waals surface area contributed by atoms with E-state index in [0.717, 1.165) is 15.6 Å². The zero-order valence-electron chi connectivity index (χ0n) is 14.0. The summed E-state index contributed by atoms with van der Waals surface area (Å²) in [7, 11) is 0. The molecule has 0 aliphatic heterocycles. The normalized spacial score (nSPS) is 10.5. The van der Waals surface area contributed by atoms with Crippen molar-refractivity contribution in [2.45, 2.75) is 11.3 Å². The minimum Gasteiger partial charge on any atom is -0.457 e. The number of ketones is 1. The van der Waals surface area contributed by atoms with Crippen molar-refractivity contribution in [3.63, 3.8) is 0 Å². The predicted octanol–water partition coefficient (Wildman–Crippen LogP) is 3.90. The average molecular weight is 384 g/mol. The molecule has 26 heavy (non-hydrogen) atoms. The molecule has 0 atom stereocenters. The van der Waals surface area contributed by atoms with Crippen molar-refractivity contribution in [1.82, 2.24) is 9.97 Å². The Bertz CT molecular complexity index is 893. The number of carbonyl (C=O) groups excluding carboxylic acids is 2. The molecule has 132 valence electrons. The van der Waals surface area contributed by atoms with Crippen molar-refractivity contribution >= 4 is 34.9 Å². The first kappa shape index (κ1) is 18.3. The first-order chi connectivity index (χ1) is 12.7. The third-order valence-electron chi connectivity index (χ3n) is 3.54. The van der Waals surface area contributed by atoms with Crippen LogP contribution in [0.25, 0.3) is 10.7 Å². The number of ether oxygens (including phenoxy) is 1. The van der Waals surface area contributed by atoms with E-state index in [4.69, 9.17) is 4.74 Å². The fourth-order valence-corrected chi connectivity index (χ4v) is 3.40. The first-order valence-corrected chi connectivity index (χ1v) is 9.95. The minimum absolute atomic E-state index is 0.0298. The number of hydrogen-bond acceptors (Lipinski definition) is 7. The highest BCUT2D eigenvalue weighted by molar-refractivity contribution is 7.98. The molecule has 2 heterocycles. The number of pyridine rings is 1. The summed E-state index contributed by atoms with van der Waals surface area (Å²) in [5.41, 5.74) is 1.90. The van der Waals surface area contributed by atoms with E-state index in [1.54, 1.807) is 35.5 Å². The SMILES string of the molecule is CSc1ccc(C(=O)COC(=O)Cc2csc(-c3ccccn3)n2)cc1. The molecule has 0 N–H and O–H groups in total. The van der Waals surface area contributed by atoms with Gasteiger partial charge in [0.15, 0.2) is 12.4 Å². The monoisotopic (exact) mass is 384 g/mol. The van der Waals surface area contributed by atoms with E-state index in [1.807, 2.05) is 36.6 Å². The first-order valence-electron chi connectivity index (χ1n) is 7.84. The number of rotatable bonds is 7. The van der Waals surface area contributed by atoms with E-state index in [2.05, 4.69) is 9.97 Å². The predicted molar refractivity (Wildman–Crippen MR) is 103 cm³/mol. The lowest BCUT2D eigenvalue weighted by atomic mass is 10.1. The summed E-state index contributed by atoms with van der Waals surface area (Å²) >= 11 is 3.02. The number of Topliss-reactive ketones (excluding diaryl/α,β-unsaturated/α-hetero) is 1. The van der Waals surface area contributed by atoms with E-state index in [9.17, 15) is 9.59 Å². The Labute approximate surface area is 159 Å². The minimum atomic E-state index is -0.475. The van der Waals surface area contributed by atoms with E-state index in [0.29, 0.717) is 11.3 Å². The molecule has 0 aliphatic rings. The van der Waals surface area contributed by atoms with Gasteiger partial charge in [-0.15, -0.1) is 23.1 Å². The molecule has 1 aromatic carbocycles. The smallest absolute Gasteiger partial charge is 0.312 e. The van der Waals surface area contributed by atoms with Gasteiger partial charge in [-0.25, -0.2) is 4.98 Å². The summed E-state index contributed by atoms with van der Waals surface area (Å²) in [6.07, 6.45) is 3.69. The van der Waals surface area contributed by atoms with Crippen LogP contribution in [-0.4, -0.2) is 34.6 Å². The van der Waals surface area contributed by atoms with Crippen LogP contribution >= 0.6 is 23.1 Å². The Balaban J connectivity index is 1.52. The molecule has 0 spiro atoms. The van der Waals surface area contributed by atoms with Gasteiger partial charge in [-0.05, 0) is 30.5 Å². The lowest BCUT2D eigenvalue weighted by molar-refractivity contribution is -0.141. The zero-order chi connectivity index (χ0) is 18.4. The Hall–Kier alpha value is -2.51. The van der Waals surface area contributed by atoms with Gasteiger partial charge in [0.2, 0.25) is 0 Å². The molecule has 0 amide bonds. The molecule has 5 nitrogen and oxygen atoms in total. The van der Waals surface area contributed by atoms with Crippen LogP contribution < -0.4 is 0 Å². The average Bonchev–Trinajstić information content (AvgIpc) is 3.15. The summed E-state index contributed by atoms with van der Waals surface area (Å²) in [6, 6.07) is 12.8. The van der Waals surface area contributed by atoms with Gasteiger partial charge >= 0.3 is 5.97 Å². The van der Waals surface area contributed by atoms with Gasteiger partial charge in [-0.3, -0.25) is 14.6 Å². The third kappa shape index (κ3) is 4.77. The number of nitrogens with zero attached hydrogens (tertiary/aromatic N) is 2. The van der Waals surface area contributed by atoms with E-state index in [1.165, 1.54) is 11.3 Å². The van der Waals surface area contributed by atoms with Crippen molar-refractivity contribution in [3.8, 4) is 10.7 Å². The van der Waals surface area contributed by atoms with Gasteiger partial charge in [0, 0.05) is 22.0 Å². The lowest BCUT2D eigenvalue weighted by Gasteiger charge is -2.04. The van der Waals surface area contributed by atoms with Gasteiger partial charge in [0.1, 0.15) is 5.01 Å². The summed E-state index contributed by atoms with van der Waals surface area (Å²) in [5.74, 6) is -0.699. The number of esters is 1. The molecule has 0 fully saturated rings. The maximum Gasteiger partial charge on any atom is 0.312 e. The summed E-state index contributed by atoms with van der Waals surface area (Å²) in [4.78, 5) is 33.8. The highest BCUT2D eigenvalue weighted by Gasteiger charge is 2.13.